The third-order valence-corrected chi connectivity index (χ3v) is 7.57. The van der Waals surface area contributed by atoms with Crippen molar-refractivity contribution in [3.05, 3.63) is 39.9 Å². The number of anilines is 1. The number of piperidine rings is 1. The second kappa shape index (κ2) is 4.96. The summed E-state index contributed by atoms with van der Waals surface area (Å²) in [6, 6.07) is 7.31. The number of rotatable bonds is 1. The first-order valence-corrected chi connectivity index (χ1v) is 9.54. The molecule has 2 heterocycles. The summed E-state index contributed by atoms with van der Waals surface area (Å²) in [5.41, 5.74) is 10.5. The lowest BCUT2D eigenvalue weighted by Gasteiger charge is -2.57. The zero-order valence-electron chi connectivity index (χ0n) is 14.2. The minimum Gasteiger partial charge on any atom is -0.497 e. The molecule has 3 aliphatic rings. The number of nitrogens with two attached hydrogens (primary N) is 1. The highest BCUT2D eigenvalue weighted by molar-refractivity contribution is 7.15. The number of thiazole rings is 1. The van der Waals surface area contributed by atoms with Crippen LogP contribution < -0.4 is 10.5 Å². The normalized spacial score (nSPS) is 31.1. The number of likely N-dealkylation sites (tertiary alicyclic amines) is 1. The van der Waals surface area contributed by atoms with Crippen LogP contribution in [0.3, 0.4) is 0 Å². The van der Waals surface area contributed by atoms with Crippen molar-refractivity contribution in [3.63, 3.8) is 0 Å². The molecule has 24 heavy (non-hydrogen) atoms. The topological polar surface area (TPSA) is 51.4 Å². The Hall–Kier alpha value is -1.59. The SMILES string of the molecule is COc1ccc2c(c1)[C@]13CCN(C)[C@H](C2)[C@@H]1Cc1sc(N)nc1C3. The predicted octanol–water partition coefficient (Wildman–Crippen LogP) is 2.65. The third kappa shape index (κ3) is 1.85. The van der Waals surface area contributed by atoms with Crippen LogP contribution in [0.25, 0.3) is 0 Å². The highest BCUT2D eigenvalue weighted by atomic mass is 32.1. The van der Waals surface area contributed by atoms with Gasteiger partial charge in [0.25, 0.3) is 0 Å². The number of nitrogen functional groups attached to an aromatic ring is 1. The van der Waals surface area contributed by atoms with E-state index in [1.807, 2.05) is 0 Å². The van der Waals surface area contributed by atoms with Crippen LogP contribution in [0.5, 0.6) is 5.75 Å². The van der Waals surface area contributed by atoms with Gasteiger partial charge in [0, 0.05) is 22.8 Å². The van der Waals surface area contributed by atoms with Gasteiger partial charge in [0.1, 0.15) is 5.75 Å². The summed E-state index contributed by atoms with van der Waals surface area (Å²) >= 11 is 1.69. The Balaban J connectivity index is 1.72. The van der Waals surface area contributed by atoms with E-state index in [9.17, 15) is 0 Å². The monoisotopic (exact) mass is 341 g/mol. The van der Waals surface area contributed by atoms with Gasteiger partial charge in [-0.1, -0.05) is 6.07 Å². The quantitative estimate of drug-likeness (QED) is 0.866. The van der Waals surface area contributed by atoms with Crippen LogP contribution in [0, 0.1) is 5.92 Å². The Morgan fingerprint density at radius 2 is 2.25 bits per heavy atom. The number of likely N-dealkylation sites (N-methyl/N-ethyl adjacent to an activating group) is 1. The Labute approximate surface area is 146 Å². The summed E-state index contributed by atoms with van der Waals surface area (Å²) in [6.07, 6.45) is 4.49. The predicted molar refractivity (Wildman–Crippen MR) is 96.8 cm³/mol. The van der Waals surface area contributed by atoms with Gasteiger partial charge >= 0.3 is 0 Å². The highest BCUT2D eigenvalue weighted by Gasteiger charge is 2.55. The van der Waals surface area contributed by atoms with Crippen molar-refractivity contribution < 1.29 is 4.74 Å². The van der Waals surface area contributed by atoms with Crippen molar-refractivity contribution in [2.75, 3.05) is 26.4 Å². The maximum Gasteiger partial charge on any atom is 0.180 e. The van der Waals surface area contributed by atoms with Gasteiger partial charge in [-0.05, 0) is 62.0 Å². The van der Waals surface area contributed by atoms with E-state index >= 15 is 0 Å². The van der Waals surface area contributed by atoms with E-state index in [0.29, 0.717) is 12.0 Å². The van der Waals surface area contributed by atoms with E-state index in [4.69, 9.17) is 10.5 Å². The maximum absolute atomic E-state index is 6.03. The average molecular weight is 341 g/mol. The minimum atomic E-state index is 0.201. The number of ether oxygens (including phenoxy) is 1. The summed E-state index contributed by atoms with van der Waals surface area (Å²) in [5.74, 6) is 1.63. The Bertz CT molecular complexity index is 817. The van der Waals surface area contributed by atoms with Crippen LogP contribution >= 0.6 is 11.3 Å². The number of hydrogen-bond donors (Lipinski definition) is 1. The number of aromatic nitrogens is 1. The van der Waals surface area contributed by atoms with Crippen LogP contribution in [0.1, 0.15) is 28.1 Å². The van der Waals surface area contributed by atoms with E-state index in [0.717, 1.165) is 36.7 Å². The largest absolute Gasteiger partial charge is 0.497 e. The summed E-state index contributed by atoms with van der Waals surface area (Å²) in [4.78, 5) is 8.66. The third-order valence-electron chi connectivity index (χ3n) is 6.62. The molecule has 5 heteroatoms. The molecule has 3 atom stereocenters. The highest BCUT2D eigenvalue weighted by Crippen LogP contribution is 2.55. The zero-order valence-corrected chi connectivity index (χ0v) is 15.0. The standard InChI is InChI=1S/C19H23N3OS/c1-22-6-5-19-10-15-17(24-18(20)21-15)9-14(19)16(22)7-11-3-4-12(23-2)8-13(11)19/h3-4,8,14,16H,5-7,9-10H2,1-2H3,(H2,20,21)/t14-,16+,19+/m0/s1. The molecular formula is C19H23N3OS. The fourth-order valence-electron chi connectivity index (χ4n) is 5.43. The lowest BCUT2D eigenvalue weighted by atomic mass is 9.53. The van der Waals surface area contributed by atoms with Crippen molar-refractivity contribution >= 4 is 16.5 Å². The van der Waals surface area contributed by atoms with Crippen LogP contribution in [-0.2, 0) is 24.7 Å². The molecule has 1 saturated heterocycles. The van der Waals surface area contributed by atoms with Gasteiger partial charge in [-0.3, -0.25) is 0 Å². The van der Waals surface area contributed by atoms with E-state index in [1.54, 1.807) is 18.4 Å². The molecule has 0 radical (unpaired) electrons. The summed E-state index contributed by atoms with van der Waals surface area (Å²) in [7, 11) is 4.05. The second-order valence-corrected chi connectivity index (χ2v) is 8.71. The molecule has 2 aromatic rings. The summed E-state index contributed by atoms with van der Waals surface area (Å²) in [5, 5.41) is 0.726. The van der Waals surface area contributed by atoms with Gasteiger partial charge in [-0.2, -0.15) is 0 Å². The fourth-order valence-corrected chi connectivity index (χ4v) is 6.34. The molecule has 1 aromatic heterocycles. The van der Waals surface area contributed by atoms with Crippen LogP contribution in [-0.4, -0.2) is 36.6 Å². The molecular weight excluding hydrogens is 318 g/mol. The van der Waals surface area contributed by atoms with E-state index in [1.165, 1.54) is 28.1 Å². The molecule has 0 unspecified atom stereocenters. The van der Waals surface area contributed by atoms with Crippen LogP contribution in [0.15, 0.2) is 18.2 Å². The van der Waals surface area contributed by atoms with Gasteiger partial charge in [-0.15, -0.1) is 11.3 Å². The molecule has 2 aliphatic carbocycles. The van der Waals surface area contributed by atoms with E-state index in [-0.39, 0.29) is 5.41 Å². The first kappa shape index (κ1) is 14.7. The Kier molecular flexibility index (Phi) is 3.04. The van der Waals surface area contributed by atoms with E-state index in [2.05, 4.69) is 35.1 Å². The van der Waals surface area contributed by atoms with Gasteiger partial charge in [0.2, 0.25) is 0 Å². The molecule has 1 aliphatic heterocycles. The molecule has 0 saturated carbocycles. The number of benzene rings is 1. The zero-order chi connectivity index (χ0) is 16.5. The van der Waals surface area contributed by atoms with Crippen LogP contribution in [0.2, 0.25) is 0 Å². The molecule has 2 N–H and O–H groups in total. The molecule has 4 nitrogen and oxygen atoms in total. The Morgan fingerprint density at radius 3 is 3.08 bits per heavy atom. The number of fused-ring (bicyclic) bond motifs is 2. The minimum absolute atomic E-state index is 0.201. The van der Waals surface area contributed by atoms with Gasteiger partial charge in [-0.25, -0.2) is 4.98 Å². The molecule has 0 spiro atoms. The van der Waals surface area contributed by atoms with Crippen molar-refractivity contribution in [2.45, 2.75) is 37.1 Å². The molecule has 126 valence electrons. The summed E-state index contributed by atoms with van der Waals surface area (Å²) < 4.78 is 5.55. The van der Waals surface area contributed by atoms with Crippen molar-refractivity contribution in [1.82, 2.24) is 9.88 Å². The average Bonchev–Trinajstić information content (AvgIpc) is 2.94. The van der Waals surface area contributed by atoms with Crippen molar-refractivity contribution in [3.8, 4) is 5.75 Å². The first-order chi connectivity index (χ1) is 11.6. The molecule has 1 fully saturated rings. The van der Waals surface area contributed by atoms with E-state index < -0.39 is 0 Å². The lowest BCUT2D eigenvalue weighted by molar-refractivity contribution is 0.0243. The van der Waals surface area contributed by atoms with Crippen molar-refractivity contribution in [2.24, 2.45) is 5.92 Å². The van der Waals surface area contributed by atoms with Crippen LogP contribution in [0.4, 0.5) is 5.13 Å². The fraction of sp³-hybridized carbons (Fsp3) is 0.526. The van der Waals surface area contributed by atoms with Gasteiger partial charge in [0.05, 0.1) is 12.8 Å². The molecule has 5 rings (SSSR count). The van der Waals surface area contributed by atoms with Crippen molar-refractivity contribution in [1.29, 1.82) is 0 Å². The molecule has 1 aromatic carbocycles. The lowest BCUT2D eigenvalue weighted by Crippen LogP contribution is -2.61. The first-order valence-electron chi connectivity index (χ1n) is 8.72. The number of nitrogens with zero attached hydrogens (tertiary/aromatic N) is 2. The molecule has 0 amide bonds. The molecule has 2 bridgehead atoms. The summed E-state index contributed by atoms with van der Waals surface area (Å²) in [6.45, 7) is 1.16. The Morgan fingerprint density at radius 1 is 1.38 bits per heavy atom. The number of hydrogen-bond acceptors (Lipinski definition) is 5. The number of methoxy groups -OCH3 is 1. The smallest absolute Gasteiger partial charge is 0.180 e. The van der Waals surface area contributed by atoms with Gasteiger partial charge < -0.3 is 15.4 Å². The van der Waals surface area contributed by atoms with Gasteiger partial charge in [0.15, 0.2) is 5.13 Å². The second-order valence-electron chi connectivity index (χ2n) is 7.59. The maximum atomic E-state index is 6.03.